The molecule has 1 N–H and O–H groups in total. The van der Waals surface area contributed by atoms with Crippen molar-refractivity contribution >= 4 is 5.69 Å². The second kappa shape index (κ2) is 6.42. The fraction of sp³-hybridized carbons (Fsp3) is 0.533. The molecule has 1 aromatic rings. The lowest BCUT2D eigenvalue weighted by Crippen LogP contribution is -2.27. The van der Waals surface area contributed by atoms with E-state index in [4.69, 9.17) is 5.11 Å². The van der Waals surface area contributed by atoms with E-state index < -0.39 is 0 Å². The van der Waals surface area contributed by atoms with Gasteiger partial charge in [-0.1, -0.05) is 25.3 Å². The van der Waals surface area contributed by atoms with Gasteiger partial charge in [0.1, 0.15) is 6.07 Å². The number of aliphatic hydroxyl groups excluding tert-OH is 1. The number of aliphatic hydroxyl groups is 1. The van der Waals surface area contributed by atoms with Crippen molar-refractivity contribution in [2.24, 2.45) is 0 Å². The van der Waals surface area contributed by atoms with Crippen LogP contribution in [-0.4, -0.2) is 18.2 Å². The number of hydrogen-bond acceptors (Lipinski definition) is 3. The Morgan fingerprint density at radius 1 is 1.11 bits per heavy atom. The van der Waals surface area contributed by atoms with Crippen molar-refractivity contribution in [3.8, 4) is 6.07 Å². The minimum absolute atomic E-state index is 0.00500. The van der Waals surface area contributed by atoms with E-state index in [0.29, 0.717) is 5.56 Å². The van der Waals surface area contributed by atoms with Gasteiger partial charge in [0.25, 0.3) is 0 Å². The summed E-state index contributed by atoms with van der Waals surface area (Å²) in [6.45, 7) is 2.06. The van der Waals surface area contributed by atoms with E-state index in [0.717, 1.165) is 24.3 Å². The van der Waals surface area contributed by atoms with Gasteiger partial charge in [0.05, 0.1) is 17.9 Å². The number of rotatable bonds is 2. The standard InChI is InChI=1S/C15H20N2O/c16-11-14-10-13(12-18)6-7-15(14)17-8-4-2-1-3-5-9-17/h6-7,10,18H,1-5,8-9,12H2. The largest absolute Gasteiger partial charge is 0.392 e. The Morgan fingerprint density at radius 2 is 1.78 bits per heavy atom. The van der Waals surface area contributed by atoms with Crippen molar-refractivity contribution in [3.05, 3.63) is 29.3 Å². The van der Waals surface area contributed by atoms with Crippen molar-refractivity contribution in [1.29, 1.82) is 5.26 Å². The molecule has 3 heteroatoms. The molecule has 0 amide bonds. The quantitative estimate of drug-likeness (QED) is 0.870. The molecule has 0 spiro atoms. The summed E-state index contributed by atoms with van der Waals surface area (Å²) < 4.78 is 0. The predicted molar refractivity (Wildman–Crippen MR) is 72.4 cm³/mol. The highest BCUT2D eigenvalue weighted by Crippen LogP contribution is 2.24. The second-order valence-corrected chi connectivity index (χ2v) is 4.88. The Kier molecular flexibility index (Phi) is 4.60. The summed E-state index contributed by atoms with van der Waals surface area (Å²) in [5.74, 6) is 0. The zero-order chi connectivity index (χ0) is 12.8. The van der Waals surface area contributed by atoms with Crippen LogP contribution in [0.3, 0.4) is 0 Å². The van der Waals surface area contributed by atoms with Gasteiger partial charge in [-0.15, -0.1) is 0 Å². The number of benzene rings is 1. The molecule has 1 heterocycles. The number of nitrogens with zero attached hydrogens (tertiary/aromatic N) is 2. The van der Waals surface area contributed by atoms with Crippen LogP contribution < -0.4 is 4.90 Å². The zero-order valence-corrected chi connectivity index (χ0v) is 10.7. The van der Waals surface area contributed by atoms with Gasteiger partial charge in [-0.3, -0.25) is 0 Å². The Labute approximate surface area is 109 Å². The van der Waals surface area contributed by atoms with Crippen molar-refractivity contribution in [2.75, 3.05) is 18.0 Å². The molecule has 0 saturated carbocycles. The predicted octanol–water partition coefficient (Wildman–Crippen LogP) is 2.82. The summed E-state index contributed by atoms with van der Waals surface area (Å²) >= 11 is 0. The number of hydrogen-bond donors (Lipinski definition) is 1. The summed E-state index contributed by atoms with van der Waals surface area (Å²) in [7, 11) is 0. The first kappa shape index (κ1) is 12.9. The molecule has 1 aliphatic rings. The molecule has 0 bridgehead atoms. The minimum Gasteiger partial charge on any atom is -0.392 e. The normalized spacial score (nSPS) is 16.8. The average molecular weight is 244 g/mol. The molecule has 1 saturated heterocycles. The lowest BCUT2D eigenvalue weighted by Gasteiger charge is -2.27. The monoisotopic (exact) mass is 244 g/mol. The maximum absolute atomic E-state index is 9.24. The van der Waals surface area contributed by atoms with Crippen molar-refractivity contribution in [2.45, 2.75) is 38.7 Å². The first-order chi connectivity index (χ1) is 8.85. The van der Waals surface area contributed by atoms with Gasteiger partial charge in [0, 0.05) is 13.1 Å². The van der Waals surface area contributed by atoms with Crippen LogP contribution >= 0.6 is 0 Å². The summed E-state index contributed by atoms with van der Waals surface area (Å²) in [5, 5.41) is 18.4. The average Bonchev–Trinajstić information content (AvgIpc) is 2.38. The maximum atomic E-state index is 9.24. The van der Waals surface area contributed by atoms with Crippen LogP contribution in [-0.2, 0) is 6.61 Å². The van der Waals surface area contributed by atoms with Gasteiger partial charge >= 0.3 is 0 Å². The molecule has 1 aromatic carbocycles. The molecule has 0 aliphatic carbocycles. The third-order valence-electron chi connectivity index (χ3n) is 3.56. The van der Waals surface area contributed by atoms with E-state index in [1.807, 2.05) is 12.1 Å². The molecule has 18 heavy (non-hydrogen) atoms. The van der Waals surface area contributed by atoms with Crippen LogP contribution in [0.15, 0.2) is 18.2 Å². The van der Waals surface area contributed by atoms with E-state index in [2.05, 4.69) is 11.0 Å². The minimum atomic E-state index is -0.00500. The molecular weight excluding hydrogens is 224 g/mol. The van der Waals surface area contributed by atoms with Gasteiger partial charge < -0.3 is 10.0 Å². The van der Waals surface area contributed by atoms with Crippen LogP contribution in [0.5, 0.6) is 0 Å². The van der Waals surface area contributed by atoms with E-state index >= 15 is 0 Å². The van der Waals surface area contributed by atoms with E-state index in [9.17, 15) is 5.26 Å². The second-order valence-electron chi connectivity index (χ2n) is 4.88. The maximum Gasteiger partial charge on any atom is 0.101 e. The van der Waals surface area contributed by atoms with Gasteiger partial charge in [0.15, 0.2) is 0 Å². The molecule has 1 fully saturated rings. The van der Waals surface area contributed by atoms with Gasteiger partial charge in [0.2, 0.25) is 0 Å². The summed E-state index contributed by atoms with van der Waals surface area (Å²) in [4.78, 5) is 2.32. The SMILES string of the molecule is N#Cc1cc(CO)ccc1N1CCCCCCC1. The van der Waals surface area contributed by atoms with Crippen LogP contribution in [0.2, 0.25) is 0 Å². The molecule has 2 rings (SSSR count). The number of nitriles is 1. The number of anilines is 1. The first-order valence-electron chi connectivity index (χ1n) is 6.74. The molecule has 3 nitrogen and oxygen atoms in total. The third-order valence-corrected chi connectivity index (χ3v) is 3.56. The molecule has 0 aromatic heterocycles. The molecule has 1 aliphatic heterocycles. The Balaban J connectivity index is 2.22. The molecule has 0 atom stereocenters. The van der Waals surface area contributed by atoms with Crippen LogP contribution in [0.25, 0.3) is 0 Å². The summed E-state index contributed by atoms with van der Waals surface area (Å²) in [5.41, 5.74) is 2.51. The highest BCUT2D eigenvalue weighted by molar-refractivity contribution is 5.60. The molecular formula is C15H20N2O. The highest BCUT2D eigenvalue weighted by atomic mass is 16.3. The fourth-order valence-corrected chi connectivity index (χ4v) is 2.54. The van der Waals surface area contributed by atoms with Gasteiger partial charge in [-0.05, 0) is 30.5 Å². The van der Waals surface area contributed by atoms with Crippen molar-refractivity contribution in [1.82, 2.24) is 0 Å². The highest BCUT2D eigenvalue weighted by Gasteiger charge is 2.13. The van der Waals surface area contributed by atoms with Gasteiger partial charge in [-0.25, -0.2) is 0 Å². The first-order valence-corrected chi connectivity index (χ1v) is 6.74. The Hall–Kier alpha value is -1.53. The van der Waals surface area contributed by atoms with E-state index in [1.54, 1.807) is 6.07 Å². The van der Waals surface area contributed by atoms with E-state index in [1.165, 1.54) is 32.1 Å². The van der Waals surface area contributed by atoms with E-state index in [-0.39, 0.29) is 6.61 Å². The fourth-order valence-electron chi connectivity index (χ4n) is 2.54. The third kappa shape index (κ3) is 3.02. The smallest absolute Gasteiger partial charge is 0.101 e. The van der Waals surface area contributed by atoms with Crippen molar-refractivity contribution in [3.63, 3.8) is 0 Å². The molecule has 96 valence electrons. The topological polar surface area (TPSA) is 47.3 Å². The van der Waals surface area contributed by atoms with Gasteiger partial charge in [-0.2, -0.15) is 5.26 Å². The summed E-state index contributed by atoms with van der Waals surface area (Å²) in [6, 6.07) is 7.94. The van der Waals surface area contributed by atoms with Crippen molar-refractivity contribution < 1.29 is 5.11 Å². The van der Waals surface area contributed by atoms with Crippen LogP contribution in [0.1, 0.15) is 43.2 Å². The molecule has 0 radical (unpaired) electrons. The zero-order valence-electron chi connectivity index (χ0n) is 10.7. The van der Waals surface area contributed by atoms with Crippen LogP contribution in [0.4, 0.5) is 5.69 Å². The summed E-state index contributed by atoms with van der Waals surface area (Å²) in [6.07, 6.45) is 6.31. The Bertz CT molecular complexity index is 429. The lowest BCUT2D eigenvalue weighted by molar-refractivity contribution is 0.282. The Morgan fingerprint density at radius 3 is 2.39 bits per heavy atom. The lowest BCUT2D eigenvalue weighted by atomic mass is 10.0. The van der Waals surface area contributed by atoms with Crippen LogP contribution in [0, 0.1) is 11.3 Å². The molecule has 0 unspecified atom stereocenters.